The van der Waals surface area contributed by atoms with E-state index in [2.05, 4.69) is 36.7 Å². The van der Waals surface area contributed by atoms with Gasteiger partial charge < -0.3 is 25.9 Å². The Hall–Kier alpha value is -2.19. The lowest BCUT2D eigenvalue weighted by Crippen LogP contribution is -2.53. The average molecular weight is 551 g/mol. The maximum absolute atomic E-state index is 15.7. The third kappa shape index (κ3) is 5.24. The maximum atomic E-state index is 15.7. The van der Waals surface area contributed by atoms with Crippen LogP contribution in [0.1, 0.15) is 57.1 Å². The van der Waals surface area contributed by atoms with E-state index in [1.807, 2.05) is 0 Å². The molecule has 0 bridgehead atoms. The highest BCUT2D eigenvalue weighted by atomic mass is 35.5. The first-order valence-corrected chi connectivity index (χ1v) is 13.3. The predicted molar refractivity (Wildman–Crippen MR) is 145 cm³/mol. The Morgan fingerprint density at radius 3 is 2.54 bits per heavy atom. The lowest BCUT2D eigenvalue weighted by atomic mass is 9.62. The molecule has 9 heteroatoms. The summed E-state index contributed by atoms with van der Waals surface area (Å²) in [6, 6.07) is 8.26. The molecule has 4 atom stereocenters. The van der Waals surface area contributed by atoms with Gasteiger partial charge in [0.25, 0.3) is 0 Å². The molecule has 0 spiro atoms. The standard InChI is InChI=1S/C28H34Cl2FN3O3/c1-27(2,3)13-22-28(14-35,19-9-8-15(29)10-21(19)32-4)23(18-6-5-7-20(30)24(18)31)25(34-22)26(37)33-16-11-17(36)12-16/h5-10,14,16-17,22-23,25,32,34,36H,11-13H2,1-4H3,(H,33,37). The molecule has 200 valence electrons. The number of rotatable bonds is 7. The summed E-state index contributed by atoms with van der Waals surface area (Å²) >= 11 is 12.5. The summed E-state index contributed by atoms with van der Waals surface area (Å²) in [6.45, 7) is 6.18. The SMILES string of the molecule is CNc1cc(Cl)ccc1C1(C=O)C(CC(C)(C)C)NC(C(=O)NC2CC(O)C2)C1c1cccc(Cl)c1F. The monoisotopic (exact) mass is 549 g/mol. The molecule has 37 heavy (non-hydrogen) atoms. The second-order valence-electron chi connectivity index (χ2n) is 11.4. The zero-order valence-corrected chi connectivity index (χ0v) is 23.0. The van der Waals surface area contributed by atoms with Crippen LogP contribution in [0, 0.1) is 11.2 Å². The van der Waals surface area contributed by atoms with E-state index >= 15 is 4.39 Å². The molecule has 0 aromatic heterocycles. The molecule has 0 radical (unpaired) electrons. The van der Waals surface area contributed by atoms with E-state index in [-0.39, 0.29) is 28.0 Å². The Morgan fingerprint density at radius 1 is 1.24 bits per heavy atom. The fourth-order valence-corrected chi connectivity index (χ4v) is 6.23. The highest BCUT2D eigenvalue weighted by molar-refractivity contribution is 6.31. The minimum absolute atomic E-state index is 0.0808. The first kappa shape index (κ1) is 27.8. The summed E-state index contributed by atoms with van der Waals surface area (Å²) in [4.78, 5) is 27.2. The molecular formula is C28H34Cl2FN3O3. The van der Waals surface area contributed by atoms with Gasteiger partial charge in [0.2, 0.25) is 5.91 Å². The van der Waals surface area contributed by atoms with Crippen LogP contribution >= 0.6 is 23.2 Å². The first-order valence-electron chi connectivity index (χ1n) is 12.5. The second kappa shape index (κ2) is 10.5. The van der Waals surface area contributed by atoms with Crippen LogP contribution in [0.5, 0.6) is 0 Å². The number of aliphatic hydroxyl groups is 1. The number of hydrogen-bond acceptors (Lipinski definition) is 5. The fraction of sp³-hybridized carbons (Fsp3) is 0.500. The van der Waals surface area contributed by atoms with Crippen LogP contribution in [0.25, 0.3) is 0 Å². The molecule has 6 nitrogen and oxygen atoms in total. The smallest absolute Gasteiger partial charge is 0.238 e. The highest BCUT2D eigenvalue weighted by Gasteiger charge is 2.60. The van der Waals surface area contributed by atoms with Crippen molar-refractivity contribution in [3.05, 3.63) is 63.4 Å². The minimum atomic E-state index is -1.33. The van der Waals surface area contributed by atoms with Gasteiger partial charge in [-0.1, -0.05) is 62.2 Å². The van der Waals surface area contributed by atoms with Crippen molar-refractivity contribution in [1.82, 2.24) is 10.6 Å². The zero-order valence-electron chi connectivity index (χ0n) is 21.4. The number of halogens is 3. The molecule has 1 aliphatic carbocycles. The fourth-order valence-electron chi connectivity index (χ4n) is 5.88. The van der Waals surface area contributed by atoms with Crippen LogP contribution in [0.3, 0.4) is 0 Å². The molecule has 1 saturated carbocycles. The molecule has 1 aliphatic heterocycles. The molecule has 4 unspecified atom stereocenters. The van der Waals surface area contributed by atoms with Crippen LogP contribution in [-0.4, -0.2) is 48.6 Å². The highest BCUT2D eigenvalue weighted by Crippen LogP contribution is 2.53. The number of nitrogens with one attached hydrogen (secondary N) is 3. The predicted octanol–water partition coefficient (Wildman–Crippen LogP) is 4.81. The Kier molecular flexibility index (Phi) is 7.92. The van der Waals surface area contributed by atoms with Crippen molar-refractivity contribution in [1.29, 1.82) is 0 Å². The van der Waals surface area contributed by atoms with Gasteiger partial charge in [-0.05, 0) is 54.0 Å². The van der Waals surface area contributed by atoms with Crippen LogP contribution in [-0.2, 0) is 15.0 Å². The molecule has 2 aromatic carbocycles. The van der Waals surface area contributed by atoms with Gasteiger partial charge in [0, 0.05) is 35.8 Å². The van der Waals surface area contributed by atoms with Crippen LogP contribution in [0.15, 0.2) is 36.4 Å². The molecule has 1 heterocycles. The number of anilines is 1. The maximum Gasteiger partial charge on any atom is 0.238 e. The summed E-state index contributed by atoms with van der Waals surface area (Å²) in [7, 11) is 1.73. The number of carbonyl (C=O) groups excluding carboxylic acids is 2. The summed E-state index contributed by atoms with van der Waals surface area (Å²) in [6.07, 6.45) is 1.85. The van der Waals surface area contributed by atoms with Crippen molar-refractivity contribution in [3.63, 3.8) is 0 Å². The molecule has 4 N–H and O–H groups in total. The van der Waals surface area contributed by atoms with Gasteiger partial charge in [0.1, 0.15) is 12.1 Å². The normalized spacial score (nSPS) is 29.5. The number of hydrogen-bond donors (Lipinski definition) is 4. The van der Waals surface area contributed by atoms with Crippen LogP contribution in [0.4, 0.5) is 10.1 Å². The number of amides is 1. The van der Waals surface area contributed by atoms with E-state index in [1.54, 1.807) is 37.4 Å². The Morgan fingerprint density at radius 2 is 1.95 bits per heavy atom. The summed E-state index contributed by atoms with van der Waals surface area (Å²) in [5.74, 6) is -1.91. The topological polar surface area (TPSA) is 90.5 Å². The molecule has 2 aliphatic rings. The third-order valence-electron chi connectivity index (χ3n) is 7.59. The van der Waals surface area contributed by atoms with Crippen LogP contribution in [0.2, 0.25) is 10.0 Å². The van der Waals surface area contributed by atoms with E-state index in [4.69, 9.17) is 23.2 Å². The largest absolute Gasteiger partial charge is 0.393 e. The van der Waals surface area contributed by atoms with E-state index in [0.29, 0.717) is 35.5 Å². The Bertz CT molecular complexity index is 1180. The number of carbonyl (C=O) groups is 2. The molecule has 4 rings (SSSR count). The van der Waals surface area contributed by atoms with Crippen molar-refractivity contribution in [2.24, 2.45) is 5.41 Å². The number of aliphatic hydroxyl groups excluding tert-OH is 1. The molecule has 2 aromatic rings. The lowest BCUT2D eigenvalue weighted by molar-refractivity contribution is -0.125. The van der Waals surface area contributed by atoms with Gasteiger partial charge in [0.15, 0.2) is 0 Å². The Balaban J connectivity index is 1.95. The van der Waals surface area contributed by atoms with Gasteiger partial charge in [0.05, 0.1) is 22.6 Å². The van der Waals surface area contributed by atoms with Crippen molar-refractivity contribution in [2.45, 2.75) is 75.6 Å². The van der Waals surface area contributed by atoms with E-state index in [1.165, 1.54) is 6.07 Å². The summed E-state index contributed by atoms with van der Waals surface area (Å²) in [5.41, 5.74) is -0.123. The summed E-state index contributed by atoms with van der Waals surface area (Å²) < 4.78 is 15.7. The van der Waals surface area contributed by atoms with E-state index < -0.39 is 35.3 Å². The minimum Gasteiger partial charge on any atom is -0.393 e. The van der Waals surface area contributed by atoms with Gasteiger partial charge in [-0.2, -0.15) is 0 Å². The first-order chi connectivity index (χ1) is 17.4. The summed E-state index contributed by atoms with van der Waals surface area (Å²) in [5, 5.41) is 19.7. The molecular weight excluding hydrogens is 516 g/mol. The van der Waals surface area contributed by atoms with Crippen molar-refractivity contribution in [3.8, 4) is 0 Å². The van der Waals surface area contributed by atoms with E-state index in [0.717, 1.165) is 6.29 Å². The number of benzene rings is 2. The van der Waals surface area contributed by atoms with E-state index in [9.17, 15) is 14.7 Å². The van der Waals surface area contributed by atoms with Crippen molar-refractivity contribution >= 4 is 41.1 Å². The van der Waals surface area contributed by atoms with Crippen molar-refractivity contribution < 1.29 is 19.1 Å². The van der Waals surface area contributed by atoms with Gasteiger partial charge in [-0.3, -0.25) is 4.79 Å². The lowest BCUT2D eigenvalue weighted by Gasteiger charge is -2.39. The van der Waals surface area contributed by atoms with Gasteiger partial charge >= 0.3 is 0 Å². The average Bonchev–Trinajstić information content (AvgIpc) is 3.12. The second-order valence-corrected chi connectivity index (χ2v) is 12.2. The molecule has 1 saturated heterocycles. The van der Waals surface area contributed by atoms with Gasteiger partial charge in [-0.25, -0.2) is 4.39 Å². The third-order valence-corrected chi connectivity index (χ3v) is 8.12. The van der Waals surface area contributed by atoms with Crippen molar-refractivity contribution in [2.75, 3.05) is 12.4 Å². The number of aldehydes is 1. The zero-order chi connectivity index (χ0) is 27.1. The molecule has 1 amide bonds. The molecule has 2 fully saturated rings. The quantitative estimate of drug-likeness (QED) is 0.372. The Labute approximate surface area is 227 Å². The van der Waals surface area contributed by atoms with Crippen LogP contribution < -0.4 is 16.0 Å². The van der Waals surface area contributed by atoms with Gasteiger partial charge in [-0.15, -0.1) is 0 Å².